The Bertz CT molecular complexity index is 284. The minimum Gasteiger partial charge on any atom is -0.462 e. The van der Waals surface area contributed by atoms with Crippen molar-refractivity contribution < 1.29 is 33.7 Å². The number of aliphatic hydroxyl groups excluding tert-OH is 1. The molecule has 1 unspecified atom stereocenters. The van der Waals surface area contributed by atoms with Crippen LogP contribution in [-0.4, -0.2) is 48.4 Å². The summed E-state index contributed by atoms with van der Waals surface area (Å²) < 4.78 is 14.0. The van der Waals surface area contributed by atoms with Crippen LogP contribution in [0.15, 0.2) is 0 Å². The molecule has 7 heteroatoms. The summed E-state index contributed by atoms with van der Waals surface area (Å²) >= 11 is 0. The molecule has 17 heavy (non-hydrogen) atoms. The quantitative estimate of drug-likeness (QED) is 0.495. The minimum atomic E-state index is -1.26. The van der Waals surface area contributed by atoms with Gasteiger partial charge in [-0.1, -0.05) is 0 Å². The molecular weight excluding hydrogens is 232 g/mol. The molecule has 0 aromatic carbocycles. The van der Waals surface area contributed by atoms with Crippen LogP contribution < -0.4 is 0 Å². The highest BCUT2D eigenvalue weighted by atomic mass is 16.6. The summed E-state index contributed by atoms with van der Waals surface area (Å²) in [6.45, 7) is 3.14. The zero-order chi connectivity index (χ0) is 13.4. The van der Waals surface area contributed by atoms with Gasteiger partial charge in [0.15, 0.2) is 6.10 Å². The van der Waals surface area contributed by atoms with Gasteiger partial charge in [0, 0.05) is 13.8 Å². The van der Waals surface area contributed by atoms with Crippen molar-refractivity contribution >= 4 is 17.9 Å². The summed E-state index contributed by atoms with van der Waals surface area (Å²) in [5.74, 6) is -1.97. The largest absolute Gasteiger partial charge is 0.462 e. The maximum atomic E-state index is 11.0. The second kappa shape index (κ2) is 7.61. The van der Waals surface area contributed by atoms with Crippen LogP contribution in [0.25, 0.3) is 0 Å². The Labute approximate surface area is 98.6 Å². The summed E-state index contributed by atoms with van der Waals surface area (Å²) in [6, 6.07) is 0. The summed E-state index contributed by atoms with van der Waals surface area (Å²) in [7, 11) is 0. The van der Waals surface area contributed by atoms with Crippen molar-refractivity contribution in [1.29, 1.82) is 0 Å². The van der Waals surface area contributed by atoms with Gasteiger partial charge in [0.2, 0.25) is 0 Å². The molecule has 0 aromatic rings. The SMILES string of the molecule is CC(=O)OCC(COC(=O)[C@H](C)O)OC(C)=O. The predicted octanol–water partition coefficient (Wildman–Crippen LogP) is -0.595. The van der Waals surface area contributed by atoms with Gasteiger partial charge < -0.3 is 19.3 Å². The molecule has 0 saturated carbocycles. The van der Waals surface area contributed by atoms with E-state index in [-0.39, 0.29) is 13.2 Å². The normalized spacial score (nSPS) is 13.4. The predicted molar refractivity (Wildman–Crippen MR) is 54.8 cm³/mol. The van der Waals surface area contributed by atoms with Crippen molar-refractivity contribution in [3.63, 3.8) is 0 Å². The lowest BCUT2D eigenvalue weighted by Crippen LogP contribution is -2.31. The van der Waals surface area contributed by atoms with Crippen molar-refractivity contribution in [1.82, 2.24) is 0 Å². The van der Waals surface area contributed by atoms with Crippen LogP contribution in [0.5, 0.6) is 0 Å². The second-order valence-corrected chi connectivity index (χ2v) is 3.34. The van der Waals surface area contributed by atoms with Gasteiger partial charge in [-0.2, -0.15) is 0 Å². The lowest BCUT2D eigenvalue weighted by Gasteiger charge is -2.17. The smallest absolute Gasteiger partial charge is 0.334 e. The molecule has 0 bridgehead atoms. The molecule has 2 atom stereocenters. The van der Waals surface area contributed by atoms with Crippen molar-refractivity contribution in [3.8, 4) is 0 Å². The highest BCUT2D eigenvalue weighted by Gasteiger charge is 2.18. The fourth-order valence-electron chi connectivity index (χ4n) is 0.857. The van der Waals surface area contributed by atoms with Gasteiger partial charge in [-0.15, -0.1) is 0 Å². The Balaban J connectivity index is 4.14. The molecule has 0 saturated heterocycles. The molecule has 98 valence electrons. The number of esters is 3. The average molecular weight is 248 g/mol. The molecule has 0 aromatic heterocycles. The maximum Gasteiger partial charge on any atom is 0.334 e. The summed E-state index contributed by atoms with van der Waals surface area (Å²) in [4.78, 5) is 32.2. The molecular formula is C10H16O7. The van der Waals surface area contributed by atoms with Gasteiger partial charge in [0.1, 0.15) is 19.3 Å². The fraction of sp³-hybridized carbons (Fsp3) is 0.700. The summed E-state index contributed by atoms with van der Waals surface area (Å²) in [5, 5.41) is 8.87. The van der Waals surface area contributed by atoms with Crippen LogP contribution >= 0.6 is 0 Å². The van der Waals surface area contributed by atoms with E-state index in [2.05, 4.69) is 9.47 Å². The fourth-order valence-corrected chi connectivity index (χ4v) is 0.857. The van der Waals surface area contributed by atoms with Gasteiger partial charge in [-0.3, -0.25) is 9.59 Å². The van der Waals surface area contributed by atoms with Gasteiger partial charge in [-0.25, -0.2) is 4.79 Å². The zero-order valence-corrected chi connectivity index (χ0v) is 9.97. The third-order valence-corrected chi connectivity index (χ3v) is 1.56. The van der Waals surface area contributed by atoms with Crippen LogP contribution in [0.1, 0.15) is 20.8 Å². The van der Waals surface area contributed by atoms with Crippen LogP contribution in [0.3, 0.4) is 0 Å². The van der Waals surface area contributed by atoms with Crippen LogP contribution in [0.4, 0.5) is 0 Å². The number of hydrogen-bond donors (Lipinski definition) is 1. The highest BCUT2D eigenvalue weighted by Crippen LogP contribution is 1.98. The monoisotopic (exact) mass is 248 g/mol. The van der Waals surface area contributed by atoms with Crippen molar-refractivity contribution in [2.24, 2.45) is 0 Å². The van der Waals surface area contributed by atoms with Gasteiger partial charge in [-0.05, 0) is 6.92 Å². The van der Waals surface area contributed by atoms with E-state index in [1.165, 1.54) is 20.8 Å². The highest BCUT2D eigenvalue weighted by molar-refractivity contribution is 5.73. The molecule has 0 aliphatic carbocycles. The summed E-state index contributed by atoms with van der Waals surface area (Å²) in [6.07, 6.45) is -2.14. The number of carbonyl (C=O) groups excluding carboxylic acids is 3. The first-order chi connectivity index (χ1) is 7.82. The topological polar surface area (TPSA) is 99.1 Å². The Hall–Kier alpha value is -1.63. The van der Waals surface area contributed by atoms with Crippen LogP contribution in [0, 0.1) is 0 Å². The molecule has 0 aliphatic rings. The molecule has 7 nitrogen and oxygen atoms in total. The Morgan fingerprint density at radius 2 is 1.59 bits per heavy atom. The Morgan fingerprint density at radius 1 is 1.06 bits per heavy atom. The van der Waals surface area contributed by atoms with E-state index in [1.54, 1.807) is 0 Å². The van der Waals surface area contributed by atoms with E-state index in [0.29, 0.717) is 0 Å². The Kier molecular flexibility index (Phi) is 6.88. The van der Waals surface area contributed by atoms with E-state index < -0.39 is 30.1 Å². The molecule has 0 aliphatic heterocycles. The van der Waals surface area contributed by atoms with E-state index in [9.17, 15) is 14.4 Å². The standard InChI is InChI=1S/C10H16O7/c1-6(11)10(14)16-5-9(17-8(3)13)4-15-7(2)12/h6,9,11H,4-5H2,1-3H3/t6-,9?/m0/s1. The number of hydrogen-bond acceptors (Lipinski definition) is 7. The third kappa shape index (κ3) is 8.21. The second-order valence-electron chi connectivity index (χ2n) is 3.34. The summed E-state index contributed by atoms with van der Waals surface area (Å²) in [5.41, 5.74) is 0. The van der Waals surface area contributed by atoms with Gasteiger partial charge in [0.05, 0.1) is 0 Å². The van der Waals surface area contributed by atoms with Gasteiger partial charge >= 0.3 is 17.9 Å². The first-order valence-corrected chi connectivity index (χ1v) is 4.98. The lowest BCUT2D eigenvalue weighted by atomic mass is 10.4. The number of aliphatic hydroxyl groups is 1. The van der Waals surface area contributed by atoms with Crippen LogP contribution in [-0.2, 0) is 28.6 Å². The maximum absolute atomic E-state index is 11.0. The number of rotatable bonds is 6. The molecule has 0 rings (SSSR count). The van der Waals surface area contributed by atoms with E-state index in [0.717, 1.165) is 0 Å². The van der Waals surface area contributed by atoms with Gasteiger partial charge in [0.25, 0.3) is 0 Å². The van der Waals surface area contributed by atoms with Crippen molar-refractivity contribution in [2.45, 2.75) is 33.0 Å². The van der Waals surface area contributed by atoms with E-state index >= 15 is 0 Å². The first kappa shape index (κ1) is 15.4. The zero-order valence-electron chi connectivity index (χ0n) is 9.97. The Morgan fingerprint density at radius 3 is 2.00 bits per heavy atom. The van der Waals surface area contributed by atoms with Crippen molar-refractivity contribution in [2.75, 3.05) is 13.2 Å². The molecule has 0 heterocycles. The number of carbonyl (C=O) groups is 3. The molecule has 0 spiro atoms. The molecule has 0 radical (unpaired) electrons. The van der Waals surface area contributed by atoms with E-state index in [1.807, 2.05) is 0 Å². The molecule has 1 N–H and O–H groups in total. The molecule has 0 amide bonds. The first-order valence-electron chi connectivity index (χ1n) is 4.98. The number of ether oxygens (including phenoxy) is 3. The van der Waals surface area contributed by atoms with Crippen LogP contribution in [0.2, 0.25) is 0 Å². The van der Waals surface area contributed by atoms with E-state index in [4.69, 9.17) is 9.84 Å². The lowest BCUT2D eigenvalue weighted by molar-refractivity contribution is -0.167. The average Bonchev–Trinajstić information content (AvgIpc) is 2.20. The molecule has 0 fully saturated rings. The minimum absolute atomic E-state index is 0.206. The van der Waals surface area contributed by atoms with Crippen molar-refractivity contribution in [3.05, 3.63) is 0 Å². The third-order valence-electron chi connectivity index (χ3n) is 1.56.